The smallest absolute Gasteiger partial charge is 0.262 e. The summed E-state index contributed by atoms with van der Waals surface area (Å²) in [6.45, 7) is 3.99. The van der Waals surface area contributed by atoms with Crippen molar-refractivity contribution in [3.63, 3.8) is 0 Å². The van der Waals surface area contributed by atoms with E-state index in [9.17, 15) is 14.4 Å². The molecular weight excluding hydrogens is 438 g/mol. The van der Waals surface area contributed by atoms with Crippen LogP contribution in [0.3, 0.4) is 0 Å². The van der Waals surface area contributed by atoms with Gasteiger partial charge in [-0.05, 0) is 61.4 Å². The Morgan fingerprint density at radius 3 is 2.38 bits per heavy atom. The van der Waals surface area contributed by atoms with Gasteiger partial charge in [-0.1, -0.05) is 15.9 Å². The molecule has 1 fully saturated rings. The van der Waals surface area contributed by atoms with Gasteiger partial charge in [-0.3, -0.25) is 14.4 Å². The summed E-state index contributed by atoms with van der Waals surface area (Å²) in [4.78, 5) is 37.2. The lowest BCUT2D eigenvalue weighted by Gasteiger charge is -2.17. The maximum atomic E-state index is 12.2. The SMILES string of the molecule is Cc1cc(Br)cc(C)c1NC(=O)COc1ccc(N2C[C@@H](C(N)=O)CC2=O)cc1. The van der Waals surface area contributed by atoms with Gasteiger partial charge in [-0.15, -0.1) is 0 Å². The highest BCUT2D eigenvalue weighted by molar-refractivity contribution is 9.10. The number of amides is 3. The van der Waals surface area contributed by atoms with E-state index in [1.165, 1.54) is 4.90 Å². The molecule has 2 aromatic rings. The number of anilines is 2. The molecule has 152 valence electrons. The molecule has 0 aromatic heterocycles. The third-order valence-electron chi connectivity index (χ3n) is 4.81. The van der Waals surface area contributed by atoms with Crippen LogP contribution in [-0.4, -0.2) is 30.9 Å². The molecule has 3 amide bonds. The highest BCUT2D eigenvalue weighted by Crippen LogP contribution is 2.27. The zero-order valence-corrected chi connectivity index (χ0v) is 17.8. The number of carbonyl (C=O) groups excluding carboxylic acids is 3. The standard InChI is InChI=1S/C21H22BrN3O4/c1-12-7-15(22)8-13(2)20(12)24-18(26)11-29-17-5-3-16(4-6-17)25-10-14(21(23)28)9-19(25)27/h3-8,14H,9-11H2,1-2H3,(H2,23,28)(H,24,26)/t14-/m0/s1. The summed E-state index contributed by atoms with van der Waals surface area (Å²) in [6, 6.07) is 10.7. The van der Waals surface area contributed by atoms with Crippen molar-refractivity contribution in [2.75, 3.05) is 23.4 Å². The van der Waals surface area contributed by atoms with E-state index in [2.05, 4.69) is 21.2 Å². The fourth-order valence-corrected chi connectivity index (χ4v) is 3.99. The van der Waals surface area contributed by atoms with Crippen LogP contribution in [-0.2, 0) is 14.4 Å². The zero-order valence-electron chi connectivity index (χ0n) is 16.2. The summed E-state index contributed by atoms with van der Waals surface area (Å²) in [5.41, 5.74) is 8.65. The molecule has 1 heterocycles. The van der Waals surface area contributed by atoms with E-state index in [-0.39, 0.29) is 31.4 Å². The van der Waals surface area contributed by atoms with Crippen molar-refractivity contribution < 1.29 is 19.1 Å². The average molecular weight is 460 g/mol. The molecule has 0 aliphatic carbocycles. The lowest BCUT2D eigenvalue weighted by Crippen LogP contribution is -2.28. The maximum Gasteiger partial charge on any atom is 0.262 e. The second kappa shape index (κ2) is 8.65. The average Bonchev–Trinajstić information content (AvgIpc) is 3.05. The van der Waals surface area contributed by atoms with E-state index in [1.54, 1.807) is 24.3 Å². The number of benzene rings is 2. The van der Waals surface area contributed by atoms with Gasteiger partial charge in [0.05, 0.1) is 5.92 Å². The fourth-order valence-electron chi connectivity index (χ4n) is 3.30. The van der Waals surface area contributed by atoms with E-state index in [4.69, 9.17) is 10.5 Å². The molecule has 0 saturated carbocycles. The Morgan fingerprint density at radius 2 is 1.83 bits per heavy atom. The molecule has 0 spiro atoms. The van der Waals surface area contributed by atoms with Gasteiger partial charge < -0.3 is 20.7 Å². The Bertz CT molecular complexity index is 936. The number of carbonyl (C=O) groups is 3. The monoisotopic (exact) mass is 459 g/mol. The van der Waals surface area contributed by atoms with E-state index >= 15 is 0 Å². The summed E-state index contributed by atoms with van der Waals surface area (Å²) in [5, 5.41) is 2.87. The summed E-state index contributed by atoms with van der Waals surface area (Å²) in [7, 11) is 0. The van der Waals surface area contributed by atoms with Crippen LogP contribution in [0.1, 0.15) is 17.5 Å². The zero-order chi connectivity index (χ0) is 21.1. The van der Waals surface area contributed by atoms with Crippen LogP contribution in [0.4, 0.5) is 11.4 Å². The van der Waals surface area contributed by atoms with E-state index in [1.807, 2.05) is 26.0 Å². The van der Waals surface area contributed by atoms with Gasteiger partial charge in [0.25, 0.3) is 5.91 Å². The first-order valence-corrected chi connectivity index (χ1v) is 9.93. The van der Waals surface area contributed by atoms with E-state index in [0.717, 1.165) is 21.3 Å². The number of primary amides is 1. The highest BCUT2D eigenvalue weighted by atomic mass is 79.9. The summed E-state index contributed by atoms with van der Waals surface area (Å²) >= 11 is 3.43. The molecular formula is C21H22BrN3O4. The molecule has 2 aromatic carbocycles. The molecule has 1 aliphatic heterocycles. The van der Waals surface area contributed by atoms with Crippen LogP contribution in [0.15, 0.2) is 40.9 Å². The molecule has 7 nitrogen and oxygen atoms in total. The summed E-state index contributed by atoms with van der Waals surface area (Å²) in [5.74, 6) is -0.828. The van der Waals surface area contributed by atoms with Crippen molar-refractivity contribution in [1.82, 2.24) is 0 Å². The Hall–Kier alpha value is -2.87. The third kappa shape index (κ3) is 4.95. The minimum absolute atomic E-state index is 0.128. The number of halogens is 1. The Labute approximate surface area is 177 Å². The van der Waals surface area contributed by atoms with Crippen molar-refractivity contribution >= 4 is 45.0 Å². The normalized spacial score (nSPS) is 16.0. The van der Waals surface area contributed by atoms with Crippen LogP contribution >= 0.6 is 15.9 Å². The van der Waals surface area contributed by atoms with Crippen LogP contribution in [0.2, 0.25) is 0 Å². The molecule has 8 heteroatoms. The van der Waals surface area contributed by atoms with Crippen LogP contribution < -0.4 is 20.7 Å². The van der Waals surface area contributed by atoms with Crippen molar-refractivity contribution in [2.24, 2.45) is 11.7 Å². The molecule has 3 rings (SSSR count). The lowest BCUT2D eigenvalue weighted by molar-refractivity contribution is -0.123. The number of ether oxygens (including phenoxy) is 1. The van der Waals surface area contributed by atoms with Gasteiger partial charge in [-0.25, -0.2) is 0 Å². The minimum Gasteiger partial charge on any atom is -0.484 e. The highest BCUT2D eigenvalue weighted by Gasteiger charge is 2.33. The first kappa shape index (κ1) is 20.9. The van der Waals surface area contributed by atoms with Gasteiger partial charge in [0.2, 0.25) is 11.8 Å². The number of aryl methyl sites for hydroxylation is 2. The van der Waals surface area contributed by atoms with Crippen molar-refractivity contribution in [1.29, 1.82) is 0 Å². The number of nitrogens with zero attached hydrogens (tertiary/aromatic N) is 1. The molecule has 3 N–H and O–H groups in total. The van der Waals surface area contributed by atoms with Crippen LogP contribution in [0, 0.1) is 19.8 Å². The van der Waals surface area contributed by atoms with Crippen LogP contribution in [0.5, 0.6) is 5.75 Å². The largest absolute Gasteiger partial charge is 0.484 e. The molecule has 0 unspecified atom stereocenters. The predicted octanol–water partition coefficient (Wildman–Crippen LogP) is 2.92. The summed E-state index contributed by atoms with van der Waals surface area (Å²) in [6.07, 6.45) is 0.128. The number of hydrogen-bond donors (Lipinski definition) is 2. The Balaban J connectivity index is 1.57. The number of hydrogen-bond acceptors (Lipinski definition) is 4. The predicted molar refractivity (Wildman–Crippen MR) is 114 cm³/mol. The molecule has 1 aliphatic rings. The van der Waals surface area contributed by atoms with Crippen molar-refractivity contribution in [3.8, 4) is 5.75 Å². The Kier molecular flexibility index (Phi) is 6.22. The van der Waals surface area contributed by atoms with Crippen LogP contribution in [0.25, 0.3) is 0 Å². The first-order chi connectivity index (χ1) is 13.7. The van der Waals surface area contributed by atoms with Crippen molar-refractivity contribution in [3.05, 3.63) is 52.0 Å². The summed E-state index contributed by atoms with van der Waals surface area (Å²) < 4.78 is 6.51. The molecule has 1 saturated heterocycles. The van der Waals surface area contributed by atoms with Gasteiger partial charge in [0, 0.05) is 28.8 Å². The Morgan fingerprint density at radius 1 is 1.21 bits per heavy atom. The second-order valence-electron chi connectivity index (χ2n) is 7.05. The minimum atomic E-state index is -0.469. The molecule has 0 bridgehead atoms. The van der Waals surface area contributed by atoms with Gasteiger partial charge in [-0.2, -0.15) is 0 Å². The maximum absolute atomic E-state index is 12.2. The quantitative estimate of drug-likeness (QED) is 0.692. The molecule has 0 radical (unpaired) electrons. The number of nitrogens with two attached hydrogens (primary N) is 1. The molecule has 1 atom stereocenters. The van der Waals surface area contributed by atoms with Gasteiger partial charge >= 0.3 is 0 Å². The fraction of sp³-hybridized carbons (Fsp3) is 0.286. The topological polar surface area (TPSA) is 102 Å². The van der Waals surface area contributed by atoms with Gasteiger partial charge in [0.15, 0.2) is 6.61 Å². The first-order valence-electron chi connectivity index (χ1n) is 9.13. The third-order valence-corrected chi connectivity index (χ3v) is 5.27. The van der Waals surface area contributed by atoms with E-state index < -0.39 is 11.8 Å². The second-order valence-corrected chi connectivity index (χ2v) is 7.97. The molecule has 29 heavy (non-hydrogen) atoms. The number of nitrogens with one attached hydrogen (secondary N) is 1. The van der Waals surface area contributed by atoms with Gasteiger partial charge in [0.1, 0.15) is 5.75 Å². The van der Waals surface area contributed by atoms with Crippen molar-refractivity contribution in [2.45, 2.75) is 20.3 Å². The van der Waals surface area contributed by atoms with E-state index in [0.29, 0.717) is 11.4 Å². The number of rotatable bonds is 6. The lowest BCUT2D eigenvalue weighted by atomic mass is 10.1.